The van der Waals surface area contributed by atoms with Gasteiger partial charge in [-0.1, -0.05) is 23.4 Å². The van der Waals surface area contributed by atoms with Crippen molar-refractivity contribution in [2.45, 2.75) is 26.3 Å². The molecule has 1 aliphatic rings. The van der Waals surface area contributed by atoms with Gasteiger partial charge in [-0.2, -0.15) is 0 Å². The number of amides is 1. The lowest BCUT2D eigenvalue weighted by Crippen LogP contribution is -2.36. The summed E-state index contributed by atoms with van der Waals surface area (Å²) in [6, 6.07) is 15.2. The van der Waals surface area contributed by atoms with E-state index in [2.05, 4.69) is 15.8 Å². The van der Waals surface area contributed by atoms with Gasteiger partial charge in [-0.25, -0.2) is 0 Å². The highest BCUT2D eigenvalue weighted by atomic mass is 35.5. The zero-order valence-electron chi connectivity index (χ0n) is 19.6. The lowest BCUT2D eigenvalue weighted by Gasteiger charge is -2.22. The fourth-order valence-electron chi connectivity index (χ4n) is 4.58. The molecule has 2 aromatic carbocycles. The molecule has 182 valence electrons. The number of carbonyl (C=O) groups excluding carboxylic acids is 1. The number of benzene rings is 2. The summed E-state index contributed by atoms with van der Waals surface area (Å²) in [5, 5.41) is 11.9. The van der Waals surface area contributed by atoms with Gasteiger partial charge in [0.15, 0.2) is 0 Å². The van der Waals surface area contributed by atoms with E-state index in [0.29, 0.717) is 30.0 Å². The van der Waals surface area contributed by atoms with Crippen LogP contribution in [0.15, 0.2) is 70.3 Å². The van der Waals surface area contributed by atoms with Crippen molar-refractivity contribution in [3.05, 3.63) is 88.2 Å². The molecule has 0 atom stereocenters. The Kier molecular flexibility index (Phi) is 7.68. The first-order valence-corrected chi connectivity index (χ1v) is 11.7. The number of aromatic nitrogens is 2. The van der Waals surface area contributed by atoms with E-state index in [1.165, 1.54) is 0 Å². The van der Waals surface area contributed by atoms with Crippen molar-refractivity contribution in [1.29, 1.82) is 0 Å². The fourth-order valence-corrected chi connectivity index (χ4v) is 4.58. The molecular formula is C27H29ClN4O3. The molecule has 5 rings (SSSR count). The van der Waals surface area contributed by atoms with Crippen LogP contribution in [0.1, 0.15) is 34.5 Å². The van der Waals surface area contributed by atoms with Crippen molar-refractivity contribution in [2.75, 3.05) is 19.6 Å². The van der Waals surface area contributed by atoms with Crippen LogP contribution in [-0.4, -0.2) is 35.3 Å². The predicted molar refractivity (Wildman–Crippen MR) is 139 cm³/mol. The molecule has 2 aromatic heterocycles. The van der Waals surface area contributed by atoms with Gasteiger partial charge in [-0.05, 0) is 85.6 Å². The summed E-state index contributed by atoms with van der Waals surface area (Å²) in [5.74, 6) is 0.460. The van der Waals surface area contributed by atoms with E-state index in [1.54, 1.807) is 17.0 Å². The summed E-state index contributed by atoms with van der Waals surface area (Å²) in [6.07, 6.45) is 5.60. The van der Waals surface area contributed by atoms with E-state index < -0.39 is 0 Å². The normalized spacial score (nSPS) is 14.0. The molecule has 1 saturated heterocycles. The van der Waals surface area contributed by atoms with Gasteiger partial charge >= 0.3 is 0 Å². The molecule has 0 spiro atoms. The summed E-state index contributed by atoms with van der Waals surface area (Å²) in [4.78, 5) is 25.8. The Morgan fingerprint density at radius 2 is 2.00 bits per heavy atom. The van der Waals surface area contributed by atoms with Gasteiger partial charge in [0.05, 0.1) is 12.2 Å². The number of carbonyl (C=O) groups is 1. The Bertz CT molecular complexity index is 1390. The van der Waals surface area contributed by atoms with Crippen LogP contribution in [-0.2, 0) is 6.54 Å². The molecule has 0 aliphatic carbocycles. The highest BCUT2D eigenvalue weighted by Gasteiger charge is 2.15. The van der Waals surface area contributed by atoms with E-state index in [1.807, 2.05) is 55.5 Å². The third-order valence-corrected chi connectivity index (χ3v) is 6.59. The average molecular weight is 493 g/mol. The third-order valence-electron chi connectivity index (χ3n) is 6.59. The average Bonchev–Trinajstić information content (AvgIpc) is 3.30. The lowest BCUT2D eigenvalue weighted by atomic mass is 9.98. The molecule has 7 nitrogen and oxygen atoms in total. The summed E-state index contributed by atoms with van der Waals surface area (Å²) >= 11 is 0. The van der Waals surface area contributed by atoms with E-state index in [-0.39, 0.29) is 23.9 Å². The molecule has 35 heavy (non-hydrogen) atoms. The van der Waals surface area contributed by atoms with Crippen LogP contribution < -0.4 is 16.2 Å². The number of fused-ring (bicyclic) bond motifs is 1. The first kappa shape index (κ1) is 24.7. The summed E-state index contributed by atoms with van der Waals surface area (Å²) in [5.41, 5.74) is 4.16. The van der Waals surface area contributed by atoms with Crippen LogP contribution in [0.4, 0.5) is 0 Å². The maximum absolute atomic E-state index is 13.1. The Morgan fingerprint density at radius 3 is 2.77 bits per heavy atom. The number of hydrogen-bond donors (Lipinski definition) is 2. The van der Waals surface area contributed by atoms with Crippen LogP contribution >= 0.6 is 12.4 Å². The Morgan fingerprint density at radius 1 is 1.17 bits per heavy atom. The smallest absolute Gasteiger partial charge is 0.258 e. The van der Waals surface area contributed by atoms with Crippen LogP contribution in [0.5, 0.6) is 0 Å². The molecule has 0 saturated carbocycles. The van der Waals surface area contributed by atoms with Crippen LogP contribution in [0.2, 0.25) is 0 Å². The zero-order valence-corrected chi connectivity index (χ0v) is 20.4. The van der Waals surface area contributed by atoms with Gasteiger partial charge < -0.3 is 19.7 Å². The monoisotopic (exact) mass is 492 g/mol. The molecule has 1 amide bonds. The minimum absolute atomic E-state index is 0. The minimum Gasteiger partial charge on any atom is -0.364 e. The number of halogens is 1. The molecule has 0 radical (unpaired) electrons. The molecule has 1 aliphatic heterocycles. The van der Waals surface area contributed by atoms with Crippen molar-refractivity contribution in [2.24, 2.45) is 5.92 Å². The number of aryl methyl sites for hydroxylation is 1. The van der Waals surface area contributed by atoms with Gasteiger partial charge in [-0.15, -0.1) is 12.4 Å². The molecule has 0 bridgehead atoms. The van der Waals surface area contributed by atoms with Gasteiger partial charge in [0, 0.05) is 29.3 Å². The third kappa shape index (κ3) is 5.47. The minimum atomic E-state index is -0.0669. The van der Waals surface area contributed by atoms with E-state index in [0.717, 1.165) is 53.7 Å². The molecule has 0 unspecified atom stereocenters. The van der Waals surface area contributed by atoms with Crippen molar-refractivity contribution < 1.29 is 9.32 Å². The van der Waals surface area contributed by atoms with E-state index in [9.17, 15) is 9.59 Å². The Hall–Kier alpha value is -3.42. The Balaban J connectivity index is 0.00000289. The van der Waals surface area contributed by atoms with Gasteiger partial charge in [0.25, 0.3) is 11.5 Å². The van der Waals surface area contributed by atoms with Gasteiger partial charge in [0.1, 0.15) is 6.26 Å². The second-order valence-corrected chi connectivity index (χ2v) is 8.97. The summed E-state index contributed by atoms with van der Waals surface area (Å²) in [6.45, 7) is 5.01. The van der Waals surface area contributed by atoms with Crippen molar-refractivity contribution in [1.82, 2.24) is 20.4 Å². The highest BCUT2D eigenvalue weighted by Crippen LogP contribution is 2.25. The SMILES string of the molecule is Cc1nocc1-c1ccc2c(=O)n(Cc3cccc(C(=O)NCC4CCNCC4)c3)ccc2c1.Cl. The number of hydrogen-bond acceptors (Lipinski definition) is 5. The molecule has 1 fully saturated rings. The maximum atomic E-state index is 13.1. The fraction of sp³-hybridized carbons (Fsp3) is 0.296. The second-order valence-electron chi connectivity index (χ2n) is 8.97. The van der Waals surface area contributed by atoms with Crippen LogP contribution in [0.3, 0.4) is 0 Å². The van der Waals surface area contributed by atoms with Crippen molar-refractivity contribution in [3.8, 4) is 11.1 Å². The van der Waals surface area contributed by atoms with E-state index in [4.69, 9.17) is 4.52 Å². The standard InChI is InChI=1S/C27H28N4O3.ClH/c1-18-25(17-34-30-18)21-5-6-24-22(14-21)9-12-31(27(24)33)16-20-3-2-4-23(13-20)26(32)29-15-19-7-10-28-11-8-19;/h2-6,9,12-14,17,19,28H,7-8,10-11,15-16H2,1H3,(H,29,32);1H. The van der Waals surface area contributed by atoms with Crippen LogP contribution in [0.25, 0.3) is 21.9 Å². The van der Waals surface area contributed by atoms with Gasteiger partial charge in [0.2, 0.25) is 0 Å². The number of pyridine rings is 1. The maximum Gasteiger partial charge on any atom is 0.258 e. The van der Waals surface area contributed by atoms with E-state index >= 15 is 0 Å². The number of nitrogens with one attached hydrogen (secondary N) is 2. The summed E-state index contributed by atoms with van der Waals surface area (Å²) in [7, 11) is 0. The highest BCUT2D eigenvalue weighted by molar-refractivity contribution is 5.94. The Labute approximate surface area is 209 Å². The predicted octanol–water partition coefficient (Wildman–Crippen LogP) is 4.16. The zero-order chi connectivity index (χ0) is 23.5. The summed E-state index contributed by atoms with van der Waals surface area (Å²) < 4.78 is 6.73. The largest absolute Gasteiger partial charge is 0.364 e. The van der Waals surface area contributed by atoms with Crippen molar-refractivity contribution in [3.63, 3.8) is 0 Å². The number of piperidine rings is 1. The van der Waals surface area contributed by atoms with Gasteiger partial charge in [-0.3, -0.25) is 9.59 Å². The van der Waals surface area contributed by atoms with Crippen molar-refractivity contribution >= 4 is 29.1 Å². The molecule has 2 N–H and O–H groups in total. The molecular weight excluding hydrogens is 464 g/mol. The first-order chi connectivity index (χ1) is 16.6. The molecule has 4 aromatic rings. The first-order valence-electron chi connectivity index (χ1n) is 11.7. The topological polar surface area (TPSA) is 89.2 Å². The lowest BCUT2D eigenvalue weighted by molar-refractivity contribution is 0.0944. The second kappa shape index (κ2) is 10.9. The molecule has 8 heteroatoms. The molecule has 3 heterocycles. The quantitative estimate of drug-likeness (QED) is 0.422. The van der Waals surface area contributed by atoms with Crippen LogP contribution in [0, 0.1) is 12.8 Å². The number of rotatable bonds is 6. The number of nitrogens with zero attached hydrogens (tertiary/aromatic N) is 2.